The van der Waals surface area contributed by atoms with E-state index in [4.69, 9.17) is 5.26 Å². The molecule has 0 fully saturated rings. The maximum Gasteiger partial charge on any atom is 0.126 e. The summed E-state index contributed by atoms with van der Waals surface area (Å²) in [5.41, 5.74) is 2.48. The molecule has 1 aliphatic heterocycles. The summed E-state index contributed by atoms with van der Waals surface area (Å²) in [7, 11) is 0. The van der Waals surface area contributed by atoms with Gasteiger partial charge in [-0.3, -0.25) is 0 Å². The van der Waals surface area contributed by atoms with Crippen molar-refractivity contribution in [1.82, 2.24) is 0 Å². The molecule has 2 nitrogen and oxygen atoms in total. The SMILES string of the molecule is N#Cc1cc(F)cc(N2CCc3sccc3C2)c1. The molecule has 18 heavy (non-hydrogen) atoms. The Kier molecular flexibility index (Phi) is 2.77. The number of anilines is 1. The van der Waals surface area contributed by atoms with Crippen LogP contribution in [0.3, 0.4) is 0 Å². The van der Waals surface area contributed by atoms with Gasteiger partial charge in [0.1, 0.15) is 5.82 Å². The molecule has 90 valence electrons. The van der Waals surface area contributed by atoms with Crippen molar-refractivity contribution in [1.29, 1.82) is 5.26 Å². The smallest absolute Gasteiger partial charge is 0.126 e. The van der Waals surface area contributed by atoms with E-state index in [9.17, 15) is 4.39 Å². The van der Waals surface area contributed by atoms with Gasteiger partial charge in [-0.15, -0.1) is 11.3 Å². The third-order valence-corrected chi connectivity index (χ3v) is 4.21. The van der Waals surface area contributed by atoms with Crippen molar-refractivity contribution in [3.8, 4) is 6.07 Å². The molecule has 0 saturated carbocycles. The summed E-state index contributed by atoms with van der Waals surface area (Å²) in [6.45, 7) is 1.68. The summed E-state index contributed by atoms with van der Waals surface area (Å²) >= 11 is 1.78. The third-order valence-electron chi connectivity index (χ3n) is 3.18. The van der Waals surface area contributed by atoms with Crippen LogP contribution in [0.25, 0.3) is 0 Å². The first-order valence-corrected chi connectivity index (χ1v) is 6.65. The Labute approximate surface area is 109 Å². The summed E-state index contributed by atoms with van der Waals surface area (Å²) in [6, 6.07) is 8.63. The largest absolute Gasteiger partial charge is 0.367 e. The highest BCUT2D eigenvalue weighted by molar-refractivity contribution is 7.10. The van der Waals surface area contributed by atoms with Crippen molar-refractivity contribution in [3.63, 3.8) is 0 Å². The van der Waals surface area contributed by atoms with Crippen LogP contribution in [0.2, 0.25) is 0 Å². The quantitative estimate of drug-likeness (QED) is 0.784. The van der Waals surface area contributed by atoms with Gasteiger partial charge >= 0.3 is 0 Å². The van der Waals surface area contributed by atoms with Gasteiger partial charge < -0.3 is 4.90 Å². The second-order valence-electron chi connectivity index (χ2n) is 4.35. The number of fused-ring (bicyclic) bond motifs is 1. The first-order chi connectivity index (χ1) is 8.76. The van der Waals surface area contributed by atoms with Gasteiger partial charge in [0, 0.05) is 23.7 Å². The van der Waals surface area contributed by atoms with Gasteiger partial charge in [0.25, 0.3) is 0 Å². The van der Waals surface area contributed by atoms with Crippen LogP contribution in [0.5, 0.6) is 0 Å². The Morgan fingerprint density at radius 1 is 1.33 bits per heavy atom. The molecule has 2 heterocycles. The van der Waals surface area contributed by atoms with E-state index in [2.05, 4.69) is 16.3 Å². The van der Waals surface area contributed by atoms with E-state index in [-0.39, 0.29) is 5.82 Å². The van der Waals surface area contributed by atoms with Gasteiger partial charge in [0.15, 0.2) is 0 Å². The Balaban J connectivity index is 1.93. The van der Waals surface area contributed by atoms with Crippen LogP contribution < -0.4 is 4.90 Å². The fourth-order valence-electron chi connectivity index (χ4n) is 2.29. The highest BCUT2D eigenvalue weighted by atomic mass is 32.1. The zero-order chi connectivity index (χ0) is 12.5. The number of rotatable bonds is 1. The van der Waals surface area contributed by atoms with E-state index in [1.807, 2.05) is 6.07 Å². The number of thiophene rings is 1. The zero-order valence-corrected chi connectivity index (χ0v) is 10.5. The van der Waals surface area contributed by atoms with Crippen molar-refractivity contribution in [2.45, 2.75) is 13.0 Å². The van der Waals surface area contributed by atoms with Crippen molar-refractivity contribution in [2.24, 2.45) is 0 Å². The topological polar surface area (TPSA) is 27.0 Å². The summed E-state index contributed by atoms with van der Waals surface area (Å²) in [5.74, 6) is -0.347. The molecular weight excluding hydrogens is 247 g/mol. The Morgan fingerprint density at radius 2 is 2.22 bits per heavy atom. The first-order valence-electron chi connectivity index (χ1n) is 5.77. The molecule has 1 aromatic carbocycles. The molecule has 2 aromatic rings. The van der Waals surface area contributed by atoms with Crippen LogP contribution in [-0.4, -0.2) is 6.54 Å². The van der Waals surface area contributed by atoms with Crippen LogP contribution in [0.15, 0.2) is 29.6 Å². The van der Waals surface area contributed by atoms with Gasteiger partial charge in [0.05, 0.1) is 11.6 Å². The van der Waals surface area contributed by atoms with E-state index in [0.29, 0.717) is 5.56 Å². The molecule has 0 saturated heterocycles. The van der Waals surface area contributed by atoms with Crippen molar-refractivity contribution in [3.05, 3.63) is 51.5 Å². The van der Waals surface area contributed by atoms with Crippen LogP contribution >= 0.6 is 11.3 Å². The number of halogens is 1. The van der Waals surface area contributed by atoms with E-state index in [0.717, 1.165) is 25.2 Å². The summed E-state index contributed by atoms with van der Waals surface area (Å²) in [4.78, 5) is 3.54. The lowest BCUT2D eigenvalue weighted by molar-refractivity contribution is 0.625. The molecule has 0 aliphatic carbocycles. The molecule has 0 unspecified atom stereocenters. The van der Waals surface area contributed by atoms with Gasteiger partial charge in [-0.25, -0.2) is 4.39 Å². The molecule has 0 bridgehead atoms. The molecule has 0 spiro atoms. The number of nitriles is 1. The fourth-order valence-corrected chi connectivity index (χ4v) is 3.18. The highest BCUT2D eigenvalue weighted by Gasteiger charge is 2.18. The Hall–Kier alpha value is -1.86. The predicted molar refractivity (Wildman–Crippen MR) is 70.2 cm³/mol. The lowest BCUT2D eigenvalue weighted by Crippen LogP contribution is -2.29. The average molecular weight is 258 g/mol. The standard InChI is InChI=1S/C14H11FN2S/c15-12-5-10(8-16)6-13(7-12)17-3-1-14-11(9-17)2-4-18-14/h2,4-7H,1,3,9H2. The van der Waals surface area contributed by atoms with E-state index >= 15 is 0 Å². The monoisotopic (exact) mass is 258 g/mol. The summed E-state index contributed by atoms with van der Waals surface area (Å²) in [5, 5.41) is 11.0. The molecule has 0 amide bonds. The van der Waals surface area contributed by atoms with Crippen molar-refractivity contribution >= 4 is 17.0 Å². The fraction of sp³-hybridized carbons (Fsp3) is 0.214. The second kappa shape index (κ2) is 4.43. The first kappa shape index (κ1) is 11.2. The van der Waals surface area contributed by atoms with Crippen LogP contribution in [-0.2, 0) is 13.0 Å². The Bertz CT molecular complexity index is 627. The minimum absolute atomic E-state index is 0.347. The Morgan fingerprint density at radius 3 is 3.06 bits per heavy atom. The van der Waals surface area contributed by atoms with Crippen LogP contribution in [0.4, 0.5) is 10.1 Å². The second-order valence-corrected chi connectivity index (χ2v) is 5.35. The third kappa shape index (κ3) is 1.98. The lowest BCUT2D eigenvalue weighted by atomic mass is 10.1. The van der Waals surface area contributed by atoms with E-state index in [1.165, 1.54) is 22.6 Å². The minimum atomic E-state index is -0.347. The van der Waals surface area contributed by atoms with E-state index in [1.54, 1.807) is 17.4 Å². The molecular formula is C14H11FN2S. The number of hydrogen-bond donors (Lipinski definition) is 0. The molecule has 0 radical (unpaired) electrons. The maximum absolute atomic E-state index is 13.4. The van der Waals surface area contributed by atoms with Gasteiger partial charge in [-0.05, 0) is 41.6 Å². The van der Waals surface area contributed by atoms with Crippen molar-refractivity contribution < 1.29 is 4.39 Å². The predicted octanol–water partition coefficient (Wildman–Crippen LogP) is 3.32. The van der Waals surface area contributed by atoms with Crippen LogP contribution in [0, 0.1) is 17.1 Å². The average Bonchev–Trinajstić information content (AvgIpc) is 2.85. The molecule has 1 aliphatic rings. The van der Waals surface area contributed by atoms with Gasteiger partial charge in [-0.1, -0.05) is 0 Å². The number of benzene rings is 1. The van der Waals surface area contributed by atoms with Gasteiger partial charge in [-0.2, -0.15) is 5.26 Å². The summed E-state index contributed by atoms with van der Waals surface area (Å²) in [6.07, 6.45) is 0.991. The van der Waals surface area contributed by atoms with Crippen LogP contribution in [0.1, 0.15) is 16.0 Å². The lowest BCUT2D eigenvalue weighted by Gasteiger charge is -2.29. The zero-order valence-electron chi connectivity index (χ0n) is 9.69. The minimum Gasteiger partial charge on any atom is -0.367 e. The molecule has 0 atom stereocenters. The summed E-state index contributed by atoms with van der Waals surface area (Å²) < 4.78 is 13.4. The highest BCUT2D eigenvalue weighted by Crippen LogP contribution is 2.28. The molecule has 1 aromatic heterocycles. The van der Waals surface area contributed by atoms with Gasteiger partial charge in [0.2, 0.25) is 0 Å². The molecule has 0 N–H and O–H groups in total. The molecule has 3 rings (SSSR count). The number of hydrogen-bond acceptors (Lipinski definition) is 3. The number of nitrogens with zero attached hydrogens (tertiary/aromatic N) is 2. The van der Waals surface area contributed by atoms with E-state index < -0.39 is 0 Å². The normalized spacial score (nSPS) is 14.1. The van der Waals surface area contributed by atoms with Crippen molar-refractivity contribution in [2.75, 3.05) is 11.4 Å². The molecule has 4 heteroatoms. The maximum atomic E-state index is 13.4.